The summed E-state index contributed by atoms with van der Waals surface area (Å²) < 4.78 is 0. The molecule has 214 valence electrons. The number of nitrogens with zero attached hydrogens (tertiary/aromatic N) is 3. The lowest BCUT2D eigenvalue weighted by Crippen LogP contribution is -2.41. The van der Waals surface area contributed by atoms with E-state index in [1.807, 2.05) is 0 Å². The Hall–Kier alpha value is -4.75. The first-order valence-corrected chi connectivity index (χ1v) is 12.2. The Balaban J connectivity index is 1.94. The van der Waals surface area contributed by atoms with Gasteiger partial charge in [-0.2, -0.15) is 0 Å². The lowest BCUT2D eigenvalue weighted by atomic mass is 9.76. The topological polar surface area (TPSA) is 220 Å². The summed E-state index contributed by atoms with van der Waals surface area (Å²) in [7, 11) is 3.35. The number of anilines is 2. The molecule has 2 aliphatic rings. The zero-order valence-electron chi connectivity index (χ0n) is 22.7. The summed E-state index contributed by atoms with van der Waals surface area (Å²) in [6.45, 7) is 4.68. The Bertz CT molecular complexity index is 1400. The molecule has 40 heavy (non-hydrogen) atoms. The van der Waals surface area contributed by atoms with Gasteiger partial charge in [0.25, 0.3) is 5.91 Å². The average molecular weight is 558 g/mol. The third-order valence-corrected chi connectivity index (χ3v) is 6.74. The fourth-order valence-corrected chi connectivity index (χ4v) is 4.72. The van der Waals surface area contributed by atoms with E-state index in [0.29, 0.717) is 11.3 Å². The predicted octanol–water partition coefficient (Wildman–Crippen LogP) is 1.58. The first-order valence-electron chi connectivity index (χ1n) is 12.2. The smallest absolute Gasteiger partial charge is 0.256 e. The van der Waals surface area contributed by atoms with Crippen LogP contribution < -0.4 is 16.0 Å². The molecule has 14 heteroatoms. The molecule has 1 aromatic rings. The van der Waals surface area contributed by atoms with Crippen LogP contribution in [-0.2, 0) is 25.6 Å². The Morgan fingerprint density at radius 2 is 1.70 bits per heavy atom. The van der Waals surface area contributed by atoms with Gasteiger partial charge in [0, 0.05) is 31.8 Å². The van der Waals surface area contributed by atoms with Gasteiger partial charge in [-0.05, 0) is 51.2 Å². The van der Waals surface area contributed by atoms with Crippen LogP contribution in [0.1, 0.15) is 49.5 Å². The number of carbonyl (C=O) groups is 5. The number of benzene rings is 1. The van der Waals surface area contributed by atoms with E-state index >= 15 is 0 Å². The van der Waals surface area contributed by atoms with Gasteiger partial charge in [-0.15, -0.1) is 4.91 Å². The van der Waals surface area contributed by atoms with Crippen molar-refractivity contribution in [3.05, 3.63) is 44.8 Å². The number of primary amides is 1. The fraction of sp³-hybridized carbons (Fsp3) is 0.423. The first kappa shape index (κ1) is 29.8. The number of nitrogens with one attached hydrogen (secondary N) is 1. The largest absolute Gasteiger partial charge is 0.505 e. The number of phenolic OH excluding ortho intramolecular Hbond substituents is 1. The Morgan fingerprint density at radius 3 is 2.23 bits per heavy atom. The summed E-state index contributed by atoms with van der Waals surface area (Å²) in [5.74, 6) is -8.29. The zero-order chi connectivity index (χ0) is 30.3. The highest BCUT2D eigenvalue weighted by Gasteiger charge is 2.40. The number of hydrogen-bond acceptors (Lipinski definition) is 11. The summed E-state index contributed by atoms with van der Waals surface area (Å²) >= 11 is 0. The number of aliphatic hydroxyl groups excluding tert-OH is 2. The van der Waals surface area contributed by atoms with Gasteiger partial charge in [-0.25, -0.2) is 5.01 Å². The van der Waals surface area contributed by atoms with Crippen LogP contribution in [-0.4, -0.2) is 75.7 Å². The third-order valence-electron chi connectivity index (χ3n) is 6.74. The number of nitroso groups, excluding NO2 is 1. The van der Waals surface area contributed by atoms with E-state index in [4.69, 9.17) is 5.73 Å². The summed E-state index contributed by atoms with van der Waals surface area (Å²) in [6, 6.07) is 1.46. The normalized spacial score (nSPS) is 17.5. The average Bonchev–Trinajstić information content (AvgIpc) is 2.84. The molecule has 0 spiro atoms. The van der Waals surface area contributed by atoms with Gasteiger partial charge in [0.15, 0.2) is 17.3 Å². The molecule has 0 saturated carbocycles. The van der Waals surface area contributed by atoms with Crippen molar-refractivity contribution in [2.45, 2.75) is 45.6 Å². The number of phenols is 1. The molecule has 0 aromatic heterocycles. The van der Waals surface area contributed by atoms with Crippen LogP contribution in [0, 0.1) is 10.8 Å². The SMILES string of the molecule is CN(C)c1cc(NC(=O)CN(N=O)C(C)(C)C)c(O)c2c1C[C@@H](CC1=C(O)C(=O)C(C(N)=O)=C(O)C1=O)CC2=O. The van der Waals surface area contributed by atoms with Crippen LogP contribution >= 0.6 is 0 Å². The van der Waals surface area contributed by atoms with Crippen molar-refractivity contribution >= 4 is 40.5 Å². The van der Waals surface area contributed by atoms with Crippen LogP contribution in [0.3, 0.4) is 0 Å². The van der Waals surface area contributed by atoms with E-state index in [9.17, 15) is 44.2 Å². The van der Waals surface area contributed by atoms with Gasteiger partial charge in [0.1, 0.15) is 17.9 Å². The second kappa shape index (κ2) is 10.8. The van der Waals surface area contributed by atoms with Crippen molar-refractivity contribution in [3.8, 4) is 5.75 Å². The highest BCUT2D eigenvalue weighted by molar-refractivity contribution is 6.33. The molecule has 0 aliphatic heterocycles. The van der Waals surface area contributed by atoms with E-state index in [0.717, 1.165) is 5.01 Å². The van der Waals surface area contributed by atoms with E-state index in [1.54, 1.807) is 39.8 Å². The number of amides is 2. The number of hydrogen-bond donors (Lipinski definition) is 5. The number of Topliss-reactive ketones (excluding diaryl/α,β-unsaturated/α-hetero) is 3. The van der Waals surface area contributed by atoms with Crippen LogP contribution in [0.15, 0.2) is 34.0 Å². The maximum absolute atomic E-state index is 13.3. The van der Waals surface area contributed by atoms with E-state index in [-0.39, 0.29) is 30.5 Å². The molecule has 0 radical (unpaired) electrons. The molecule has 0 saturated heterocycles. The molecule has 0 bridgehead atoms. The molecule has 3 rings (SSSR count). The minimum Gasteiger partial charge on any atom is -0.505 e. The molecule has 1 atom stereocenters. The predicted molar refractivity (Wildman–Crippen MR) is 143 cm³/mol. The van der Waals surface area contributed by atoms with Crippen molar-refractivity contribution in [2.24, 2.45) is 16.9 Å². The Morgan fingerprint density at radius 1 is 1.07 bits per heavy atom. The molecular weight excluding hydrogens is 526 g/mol. The van der Waals surface area contributed by atoms with Crippen LogP contribution in [0.25, 0.3) is 0 Å². The second-order valence-corrected chi connectivity index (χ2v) is 10.9. The maximum Gasteiger partial charge on any atom is 0.256 e. The molecule has 6 N–H and O–H groups in total. The molecule has 1 aromatic carbocycles. The number of fused-ring (bicyclic) bond motifs is 1. The van der Waals surface area contributed by atoms with Crippen molar-refractivity contribution in [1.82, 2.24) is 5.01 Å². The van der Waals surface area contributed by atoms with E-state index in [2.05, 4.69) is 10.6 Å². The second-order valence-electron chi connectivity index (χ2n) is 10.9. The minimum absolute atomic E-state index is 0.0399. The van der Waals surface area contributed by atoms with Crippen LogP contribution in [0.5, 0.6) is 5.75 Å². The summed E-state index contributed by atoms with van der Waals surface area (Å²) in [5.41, 5.74) is 3.60. The molecular formula is C26H31N5O9. The number of aromatic hydroxyl groups is 1. The Kier molecular flexibility index (Phi) is 8.04. The standard InChI is InChI=1S/C26H31N5O9/c1-26(2,3)31(29-40)10-17(33)28-14-9-15(30(4)5)12-6-11(8-16(32)18(12)22(14)36)7-13-20(34)23(37)19(25(27)39)24(38)21(13)35/h9,11,34,36,38H,6-8,10H2,1-5H3,(H2,27,39)(H,28,33)/t11-/m0/s1. The number of carbonyl (C=O) groups excluding carboxylic acids is 5. The highest BCUT2D eigenvalue weighted by Crippen LogP contribution is 2.44. The zero-order valence-corrected chi connectivity index (χ0v) is 22.7. The van der Waals surface area contributed by atoms with Gasteiger partial charge in [-0.1, -0.05) is 0 Å². The minimum atomic E-state index is -1.37. The van der Waals surface area contributed by atoms with Gasteiger partial charge in [0.2, 0.25) is 17.5 Å². The monoisotopic (exact) mass is 557 g/mol. The van der Waals surface area contributed by atoms with Gasteiger partial charge < -0.3 is 31.3 Å². The van der Waals surface area contributed by atoms with Crippen molar-refractivity contribution in [1.29, 1.82) is 0 Å². The Labute approximate surface area is 229 Å². The summed E-state index contributed by atoms with van der Waals surface area (Å²) in [6.07, 6.45) is -0.372. The van der Waals surface area contributed by atoms with Crippen molar-refractivity contribution < 1.29 is 39.3 Å². The third kappa shape index (κ3) is 5.51. The fourth-order valence-electron chi connectivity index (χ4n) is 4.72. The molecule has 14 nitrogen and oxygen atoms in total. The molecule has 0 fully saturated rings. The van der Waals surface area contributed by atoms with E-state index < -0.39 is 75.6 Å². The van der Waals surface area contributed by atoms with Crippen LogP contribution in [0.2, 0.25) is 0 Å². The highest BCUT2D eigenvalue weighted by atomic mass is 16.3. The molecule has 2 aliphatic carbocycles. The first-order chi connectivity index (χ1) is 18.5. The number of ketones is 3. The summed E-state index contributed by atoms with van der Waals surface area (Å²) in [5, 5.41) is 37.8. The van der Waals surface area contributed by atoms with Gasteiger partial charge in [0.05, 0.1) is 22.1 Å². The molecule has 0 heterocycles. The quantitative estimate of drug-likeness (QED) is 0.101. The number of allylic oxidation sites excluding steroid dienone is 2. The number of nitrogens with two attached hydrogens (primary N) is 1. The maximum atomic E-state index is 13.3. The van der Waals surface area contributed by atoms with Crippen molar-refractivity contribution in [3.63, 3.8) is 0 Å². The number of aliphatic hydroxyl groups is 2. The lowest BCUT2D eigenvalue weighted by Gasteiger charge is -2.31. The molecule has 2 amide bonds. The van der Waals surface area contributed by atoms with Crippen molar-refractivity contribution in [2.75, 3.05) is 30.9 Å². The van der Waals surface area contributed by atoms with E-state index in [1.165, 1.54) is 6.07 Å². The summed E-state index contributed by atoms with van der Waals surface area (Å²) in [4.78, 5) is 75.2. The van der Waals surface area contributed by atoms with Gasteiger partial charge >= 0.3 is 0 Å². The molecule has 0 unspecified atom stereocenters. The lowest BCUT2D eigenvalue weighted by molar-refractivity contribution is -0.124. The van der Waals surface area contributed by atoms with Crippen LogP contribution in [0.4, 0.5) is 11.4 Å². The van der Waals surface area contributed by atoms with Gasteiger partial charge in [-0.3, -0.25) is 24.0 Å². The number of rotatable bonds is 8.